The van der Waals surface area contributed by atoms with E-state index in [4.69, 9.17) is 5.73 Å². The third-order valence-electron chi connectivity index (χ3n) is 3.08. The summed E-state index contributed by atoms with van der Waals surface area (Å²) >= 11 is 1.33. The quantitative estimate of drug-likeness (QED) is 0.815. The van der Waals surface area contributed by atoms with Crippen LogP contribution in [0.4, 0.5) is 13.2 Å². The Balaban J connectivity index is 0.00000312. The molecule has 0 aliphatic heterocycles. The lowest BCUT2D eigenvalue weighted by molar-refractivity contribution is -0.275. The number of thiazole rings is 1. The van der Waals surface area contributed by atoms with Crippen LogP contribution in [-0.4, -0.2) is 35.7 Å². The van der Waals surface area contributed by atoms with Crippen molar-refractivity contribution in [3.8, 4) is 5.75 Å². The van der Waals surface area contributed by atoms with Gasteiger partial charge in [0.2, 0.25) is 0 Å². The number of para-hydroxylation sites is 1. The van der Waals surface area contributed by atoms with Crippen LogP contribution in [0.15, 0.2) is 29.6 Å². The van der Waals surface area contributed by atoms with E-state index >= 15 is 0 Å². The van der Waals surface area contributed by atoms with Gasteiger partial charge in [0.15, 0.2) is 0 Å². The fraction of sp³-hybridized carbons (Fsp3) is 0.333. The average molecular weight is 396 g/mol. The Kier molecular flexibility index (Phi) is 7.65. The van der Waals surface area contributed by atoms with Crippen LogP contribution < -0.4 is 10.5 Å². The molecule has 0 atom stereocenters. The number of alkyl halides is 3. The first-order valence-corrected chi connectivity index (χ1v) is 7.91. The van der Waals surface area contributed by atoms with Crippen molar-refractivity contribution in [3.05, 3.63) is 45.9 Å². The van der Waals surface area contributed by atoms with Gasteiger partial charge in [0.25, 0.3) is 5.91 Å². The molecule has 10 heteroatoms. The van der Waals surface area contributed by atoms with E-state index in [2.05, 4.69) is 9.72 Å². The van der Waals surface area contributed by atoms with Gasteiger partial charge in [-0.1, -0.05) is 18.2 Å². The summed E-state index contributed by atoms with van der Waals surface area (Å²) in [6.07, 6.45) is -4.21. The monoisotopic (exact) mass is 395 g/mol. The highest BCUT2D eigenvalue weighted by Gasteiger charge is 2.32. The number of hydrogen-bond donors (Lipinski definition) is 1. The van der Waals surface area contributed by atoms with Gasteiger partial charge in [0.05, 0.1) is 5.01 Å². The molecule has 0 fully saturated rings. The molecule has 0 saturated heterocycles. The van der Waals surface area contributed by atoms with Crippen molar-refractivity contribution < 1.29 is 22.7 Å². The topological polar surface area (TPSA) is 68.5 Å². The highest BCUT2D eigenvalue weighted by atomic mass is 35.5. The third-order valence-corrected chi connectivity index (χ3v) is 3.99. The fourth-order valence-corrected chi connectivity index (χ4v) is 2.82. The minimum absolute atomic E-state index is 0. The molecule has 2 N–H and O–H groups in total. The van der Waals surface area contributed by atoms with Crippen LogP contribution in [0.5, 0.6) is 5.75 Å². The highest BCUT2D eigenvalue weighted by molar-refractivity contribution is 7.09. The largest absolute Gasteiger partial charge is 0.573 e. The van der Waals surface area contributed by atoms with Crippen molar-refractivity contribution in [2.75, 3.05) is 13.6 Å². The molecule has 1 heterocycles. The molecule has 1 aromatic carbocycles. The Morgan fingerprint density at radius 3 is 2.68 bits per heavy atom. The first kappa shape index (κ1) is 21.2. The van der Waals surface area contributed by atoms with Gasteiger partial charge < -0.3 is 15.4 Å². The van der Waals surface area contributed by atoms with E-state index in [0.29, 0.717) is 13.0 Å². The van der Waals surface area contributed by atoms with E-state index < -0.39 is 6.36 Å². The zero-order chi connectivity index (χ0) is 17.7. The number of aromatic nitrogens is 1. The molecule has 1 amide bonds. The number of amides is 1. The molecule has 0 aliphatic carbocycles. The average Bonchev–Trinajstić information content (AvgIpc) is 2.96. The predicted molar refractivity (Wildman–Crippen MR) is 91.0 cm³/mol. The Morgan fingerprint density at radius 2 is 2.04 bits per heavy atom. The number of carbonyl (C=O) groups excluding carboxylic acids is 1. The molecule has 2 aromatic rings. The van der Waals surface area contributed by atoms with Gasteiger partial charge in [-0.3, -0.25) is 4.79 Å². The third kappa shape index (κ3) is 6.18. The molecule has 0 aliphatic rings. The normalized spacial score (nSPS) is 10.9. The second-order valence-corrected chi connectivity index (χ2v) is 5.92. The molecular weight excluding hydrogens is 379 g/mol. The van der Waals surface area contributed by atoms with Crippen molar-refractivity contribution in [1.82, 2.24) is 9.88 Å². The van der Waals surface area contributed by atoms with Gasteiger partial charge in [-0.25, -0.2) is 4.98 Å². The van der Waals surface area contributed by atoms with Gasteiger partial charge >= 0.3 is 6.36 Å². The second-order valence-electron chi connectivity index (χ2n) is 4.98. The maximum Gasteiger partial charge on any atom is 0.573 e. The molecule has 0 radical (unpaired) electrons. The number of benzene rings is 1. The standard InChI is InChI=1S/C15H16F3N3O2S.ClH/c1-21(14(22)11-9-24-13(20-11)6-7-19)8-10-4-2-3-5-12(10)23-15(16,17)18;/h2-5,9H,6-8,19H2,1H3;1H. The van der Waals surface area contributed by atoms with Crippen LogP contribution in [0.25, 0.3) is 0 Å². The second kappa shape index (κ2) is 9.02. The summed E-state index contributed by atoms with van der Waals surface area (Å²) in [5, 5.41) is 2.36. The highest BCUT2D eigenvalue weighted by Crippen LogP contribution is 2.27. The van der Waals surface area contributed by atoms with Crippen LogP contribution >= 0.6 is 23.7 Å². The molecular formula is C15H17ClF3N3O2S. The van der Waals surface area contributed by atoms with Crippen LogP contribution in [0.2, 0.25) is 0 Å². The van der Waals surface area contributed by atoms with E-state index in [-0.39, 0.29) is 41.9 Å². The number of halogens is 4. The first-order valence-electron chi connectivity index (χ1n) is 7.03. The van der Waals surface area contributed by atoms with Crippen molar-refractivity contribution in [3.63, 3.8) is 0 Å². The Labute approximate surface area is 153 Å². The van der Waals surface area contributed by atoms with E-state index in [9.17, 15) is 18.0 Å². The van der Waals surface area contributed by atoms with Gasteiger partial charge in [0.1, 0.15) is 11.4 Å². The molecule has 5 nitrogen and oxygen atoms in total. The number of carbonyl (C=O) groups is 1. The summed E-state index contributed by atoms with van der Waals surface area (Å²) in [5.41, 5.74) is 5.94. The van der Waals surface area contributed by atoms with Crippen LogP contribution in [-0.2, 0) is 13.0 Å². The van der Waals surface area contributed by atoms with Gasteiger partial charge in [0, 0.05) is 31.0 Å². The van der Waals surface area contributed by atoms with Gasteiger partial charge in [-0.2, -0.15) is 0 Å². The lowest BCUT2D eigenvalue weighted by atomic mass is 10.2. The van der Waals surface area contributed by atoms with E-state index in [1.807, 2.05) is 0 Å². The van der Waals surface area contributed by atoms with Gasteiger partial charge in [-0.05, 0) is 12.6 Å². The predicted octanol–water partition coefficient (Wildman–Crippen LogP) is 3.24. The number of nitrogens with zero attached hydrogens (tertiary/aromatic N) is 2. The molecule has 0 bridgehead atoms. The SMILES string of the molecule is CN(Cc1ccccc1OC(F)(F)F)C(=O)c1csc(CCN)n1.Cl. The number of hydrogen-bond acceptors (Lipinski definition) is 5. The number of ether oxygens (including phenoxy) is 1. The maximum atomic E-state index is 12.4. The van der Waals surface area contributed by atoms with Crippen LogP contribution in [0.1, 0.15) is 21.1 Å². The summed E-state index contributed by atoms with van der Waals surface area (Å²) in [4.78, 5) is 17.8. The summed E-state index contributed by atoms with van der Waals surface area (Å²) in [6, 6.07) is 5.71. The maximum absolute atomic E-state index is 12.4. The van der Waals surface area contributed by atoms with Crippen molar-refractivity contribution >= 4 is 29.7 Å². The molecule has 1 aromatic heterocycles. The molecule has 25 heavy (non-hydrogen) atoms. The Morgan fingerprint density at radius 1 is 1.36 bits per heavy atom. The summed E-state index contributed by atoms with van der Waals surface area (Å²) in [7, 11) is 1.49. The minimum atomic E-state index is -4.79. The summed E-state index contributed by atoms with van der Waals surface area (Å²) in [6.45, 7) is 0.397. The van der Waals surface area contributed by atoms with Crippen molar-refractivity contribution in [2.24, 2.45) is 5.73 Å². The Hall–Kier alpha value is -1.84. The van der Waals surface area contributed by atoms with E-state index in [1.165, 1.54) is 41.5 Å². The van der Waals surface area contributed by atoms with E-state index in [1.54, 1.807) is 11.4 Å². The van der Waals surface area contributed by atoms with Crippen molar-refractivity contribution in [2.45, 2.75) is 19.3 Å². The van der Waals surface area contributed by atoms with Gasteiger partial charge in [-0.15, -0.1) is 36.9 Å². The first-order chi connectivity index (χ1) is 11.3. The summed E-state index contributed by atoms with van der Waals surface area (Å²) in [5.74, 6) is -0.705. The van der Waals surface area contributed by atoms with E-state index in [0.717, 1.165) is 5.01 Å². The van der Waals surface area contributed by atoms with Crippen LogP contribution in [0, 0.1) is 0 Å². The number of nitrogens with two attached hydrogens (primary N) is 1. The van der Waals surface area contributed by atoms with Crippen molar-refractivity contribution in [1.29, 1.82) is 0 Å². The zero-order valence-electron chi connectivity index (χ0n) is 13.2. The molecule has 0 spiro atoms. The summed E-state index contributed by atoms with van der Waals surface area (Å²) < 4.78 is 41.3. The number of rotatable bonds is 6. The Bertz CT molecular complexity index is 709. The fourth-order valence-electron chi connectivity index (χ4n) is 2.03. The minimum Gasteiger partial charge on any atom is -0.405 e. The molecule has 0 unspecified atom stereocenters. The van der Waals surface area contributed by atoms with Crippen LogP contribution in [0.3, 0.4) is 0 Å². The molecule has 138 valence electrons. The lowest BCUT2D eigenvalue weighted by Gasteiger charge is -2.19. The smallest absolute Gasteiger partial charge is 0.405 e. The molecule has 0 saturated carbocycles. The lowest BCUT2D eigenvalue weighted by Crippen LogP contribution is -2.27. The zero-order valence-corrected chi connectivity index (χ0v) is 14.9. The molecule has 2 rings (SSSR count).